The number of hydrogen-bond donors (Lipinski definition) is 1. The minimum Gasteiger partial charge on any atom is -0.497 e. The van der Waals surface area contributed by atoms with E-state index in [2.05, 4.69) is 33.0 Å². The lowest BCUT2D eigenvalue weighted by Crippen LogP contribution is -2.33. The first-order chi connectivity index (χ1) is 14.7. The van der Waals surface area contributed by atoms with Crippen molar-refractivity contribution in [3.05, 3.63) is 70.9 Å². The van der Waals surface area contributed by atoms with Gasteiger partial charge in [-0.2, -0.15) is 4.68 Å². The van der Waals surface area contributed by atoms with Gasteiger partial charge in [0.15, 0.2) is 5.78 Å². The van der Waals surface area contributed by atoms with Crippen molar-refractivity contribution >= 4 is 11.7 Å². The van der Waals surface area contributed by atoms with Gasteiger partial charge in [-0.25, -0.2) is 0 Å². The summed E-state index contributed by atoms with van der Waals surface area (Å²) in [7, 11) is 3.22. The molecular formula is C22H21N5O3. The van der Waals surface area contributed by atoms with Crippen LogP contribution in [-0.2, 0) is 4.79 Å². The SMILES string of the molecule is COc1ccc(OC)c([C@H]2C3=C(C[C@H](c4ccccc4)CC3=O)Nc3nnnn32)c1. The van der Waals surface area contributed by atoms with Crippen LogP contribution in [0.15, 0.2) is 59.8 Å². The molecule has 8 nitrogen and oxygen atoms in total. The second-order valence-electron chi connectivity index (χ2n) is 7.41. The molecule has 1 aromatic heterocycles. The molecule has 30 heavy (non-hydrogen) atoms. The number of ketones is 1. The van der Waals surface area contributed by atoms with Gasteiger partial charge in [0.25, 0.3) is 0 Å². The van der Waals surface area contributed by atoms with Gasteiger partial charge in [0, 0.05) is 23.3 Å². The predicted molar refractivity (Wildman–Crippen MR) is 110 cm³/mol. The number of fused-ring (bicyclic) bond motifs is 1. The predicted octanol–water partition coefficient (Wildman–Crippen LogP) is 3.11. The third-order valence-corrected chi connectivity index (χ3v) is 5.78. The summed E-state index contributed by atoms with van der Waals surface area (Å²) in [5.41, 5.74) is 3.47. The van der Waals surface area contributed by atoms with E-state index >= 15 is 0 Å². The molecule has 0 bridgehead atoms. The smallest absolute Gasteiger partial charge is 0.248 e. The molecule has 2 aromatic carbocycles. The highest BCUT2D eigenvalue weighted by Crippen LogP contribution is 2.46. The third kappa shape index (κ3) is 2.92. The summed E-state index contributed by atoms with van der Waals surface area (Å²) in [6.07, 6.45) is 1.14. The van der Waals surface area contributed by atoms with E-state index in [0.29, 0.717) is 35.9 Å². The molecule has 0 fully saturated rings. The number of hydrogen-bond acceptors (Lipinski definition) is 7. The lowest BCUT2D eigenvalue weighted by Gasteiger charge is -2.35. The Morgan fingerprint density at radius 1 is 1.07 bits per heavy atom. The zero-order chi connectivity index (χ0) is 20.7. The third-order valence-electron chi connectivity index (χ3n) is 5.78. The fraction of sp³-hybridized carbons (Fsp3) is 0.273. The van der Waals surface area contributed by atoms with Crippen LogP contribution in [0.25, 0.3) is 0 Å². The van der Waals surface area contributed by atoms with Gasteiger partial charge in [-0.3, -0.25) is 4.79 Å². The van der Waals surface area contributed by atoms with Crippen LogP contribution in [0.2, 0.25) is 0 Å². The van der Waals surface area contributed by atoms with Crippen LogP contribution < -0.4 is 14.8 Å². The van der Waals surface area contributed by atoms with Gasteiger partial charge in [0.05, 0.1) is 14.2 Å². The van der Waals surface area contributed by atoms with Gasteiger partial charge in [-0.05, 0) is 46.5 Å². The molecule has 2 aliphatic rings. The quantitative estimate of drug-likeness (QED) is 0.716. The number of anilines is 1. The van der Waals surface area contributed by atoms with Crippen LogP contribution in [0.4, 0.5) is 5.95 Å². The minimum absolute atomic E-state index is 0.0774. The van der Waals surface area contributed by atoms with Crippen LogP contribution in [-0.4, -0.2) is 40.2 Å². The van der Waals surface area contributed by atoms with E-state index in [-0.39, 0.29) is 11.7 Å². The van der Waals surface area contributed by atoms with Crippen molar-refractivity contribution in [2.75, 3.05) is 19.5 Å². The summed E-state index contributed by atoms with van der Waals surface area (Å²) in [6, 6.07) is 15.2. The molecule has 0 saturated carbocycles. The number of methoxy groups -OCH3 is 2. The first-order valence-electron chi connectivity index (χ1n) is 9.77. The molecule has 1 aliphatic carbocycles. The molecule has 0 radical (unpaired) electrons. The maximum absolute atomic E-state index is 13.4. The fourth-order valence-electron chi connectivity index (χ4n) is 4.37. The van der Waals surface area contributed by atoms with Crippen molar-refractivity contribution in [1.82, 2.24) is 20.2 Å². The van der Waals surface area contributed by atoms with Gasteiger partial charge in [-0.1, -0.05) is 35.4 Å². The van der Waals surface area contributed by atoms with Gasteiger partial charge >= 0.3 is 0 Å². The van der Waals surface area contributed by atoms with Crippen molar-refractivity contribution in [2.24, 2.45) is 0 Å². The molecule has 8 heteroatoms. The molecule has 0 amide bonds. The second-order valence-corrected chi connectivity index (χ2v) is 7.41. The Kier molecular flexibility index (Phi) is 4.46. The van der Waals surface area contributed by atoms with E-state index in [1.807, 2.05) is 36.4 Å². The fourth-order valence-corrected chi connectivity index (χ4v) is 4.37. The highest BCUT2D eigenvalue weighted by molar-refractivity contribution is 6.00. The number of benzene rings is 2. The number of rotatable bonds is 4. The lowest BCUT2D eigenvalue weighted by molar-refractivity contribution is -0.116. The molecule has 1 N–H and O–H groups in total. The number of nitrogens with zero attached hydrogens (tertiary/aromatic N) is 4. The highest BCUT2D eigenvalue weighted by Gasteiger charge is 2.40. The Morgan fingerprint density at radius 2 is 1.90 bits per heavy atom. The summed E-state index contributed by atoms with van der Waals surface area (Å²) >= 11 is 0. The molecule has 152 valence electrons. The van der Waals surface area contributed by atoms with E-state index in [4.69, 9.17) is 9.47 Å². The van der Waals surface area contributed by atoms with Gasteiger partial charge < -0.3 is 14.8 Å². The number of tetrazole rings is 1. The Labute approximate surface area is 173 Å². The Hall–Kier alpha value is -3.68. The lowest BCUT2D eigenvalue weighted by atomic mass is 9.78. The topological polar surface area (TPSA) is 91.2 Å². The number of carbonyl (C=O) groups is 1. The molecule has 2 heterocycles. The molecule has 0 spiro atoms. The number of carbonyl (C=O) groups excluding carboxylic acids is 1. The summed E-state index contributed by atoms with van der Waals surface area (Å²) < 4.78 is 12.7. The van der Waals surface area contributed by atoms with Crippen LogP contribution >= 0.6 is 0 Å². The average Bonchev–Trinajstić information content (AvgIpc) is 3.26. The maximum Gasteiger partial charge on any atom is 0.248 e. The second kappa shape index (κ2) is 7.29. The van der Waals surface area contributed by atoms with E-state index in [1.54, 1.807) is 18.9 Å². The van der Waals surface area contributed by atoms with Gasteiger partial charge in [0.2, 0.25) is 5.95 Å². The van der Waals surface area contributed by atoms with Crippen molar-refractivity contribution < 1.29 is 14.3 Å². The summed E-state index contributed by atoms with van der Waals surface area (Å²) in [6.45, 7) is 0. The van der Waals surface area contributed by atoms with Crippen LogP contribution in [0.5, 0.6) is 11.5 Å². The van der Waals surface area contributed by atoms with E-state index < -0.39 is 6.04 Å². The Morgan fingerprint density at radius 3 is 2.67 bits per heavy atom. The van der Waals surface area contributed by atoms with Gasteiger partial charge in [0.1, 0.15) is 17.5 Å². The van der Waals surface area contributed by atoms with Crippen molar-refractivity contribution in [3.63, 3.8) is 0 Å². The average molecular weight is 403 g/mol. The minimum atomic E-state index is -0.486. The zero-order valence-corrected chi connectivity index (χ0v) is 16.7. The Bertz CT molecular complexity index is 1140. The Balaban J connectivity index is 1.65. The van der Waals surface area contributed by atoms with Crippen LogP contribution in [0.1, 0.15) is 35.9 Å². The number of allylic oxidation sites excluding steroid dienone is 2. The zero-order valence-electron chi connectivity index (χ0n) is 16.7. The number of aromatic nitrogens is 4. The van der Waals surface area contributed by atoms with Crippen molar-refractivity contribution in [1.29, 1.82) is 0 Å². The maximum atomic E-state index is 13.4. The van der Waals surface area contributed by atoms with Gasteiger partial charge in [-0.15, -0.1) is 0 Å². The number of ether oxygens (including phenoxy) is 2. The molecule has 3 aromatic rings. The molecule has 0 saturated heterocycles. The van der Waals surface area contributed by atoms with Crippen molar-refractivity contribution in [3.8, 4) is 11.5 Å². The number of Topliss-reactive ketones (excluding diaryl/α,β-unsaturated/α-hetero) is 1. The van der Waals surface area contributed by atoms with Crippen molar-refractivity contribution in [2.45, 2.75) is 24.8 Å². The standard InChI is InChI=1S/C22H21N5O3/c1-29-15-8-9-19(30-2)16(12-15)21-20-17(23-22-24-25-26-27(21)22)10-14(11-18(20)28)13-6-4-3-5-7-13/h3-9,12,14,21H,10-11H2,1-2H3,(H,23,24,26)/t14-,21-/m0/s1. The van der Waals surface area contributed by atoms with E-state index in [0.717, 1.165) is 16.8 Å². The monoisotopic (exact) mass is 403 g/mol. The molecular weight excluding hydrogens is 382 g/mol. The summed E-state index contributed by atoms with van der Waals surface area (Å²) in [5.74, 6) is 2.01. The van der Waals surface area contributed by atoms with E-state index in [9.17, 15) is 4.79 Å². The number of nitrogens with one attached hydrogen (secondary N) is 1. The molecule has 5 rings (SSSR count). The van der Waals surface area contributed by atoms with E-state index in [1.165, 1.54) is 0 Å². The molecule has 1 aliphatic heterocycles. The van der Waals surface area contributed by atoms with Crippen LogP contribution in [0.3, 0.4) is 0 Å². The largest absolute Gasteiger partial charge is 0.497 e. The van der Waals surface area contributed by atoms with Crippen LogP contribution in [0, 0.1) is 0 Å². The normalized spacial score (nSPS) is 20.3. The summed E-state index contributed by atoms with van der Waals surface area (Å²) in [4.78, 5) is 13.4. The first-order valence-corrected chi connectivity index (χ1v) is 9.77. The summed E-state index contributed by atoms with van der Waals surface area (Å²) in [5, 5.41) is 15.4. The molecule has 2 atom stereocenters. The molecule has 0 unspecified atom stereocenters. The highest BCUT2D eigenvalue weighted by atomic mass is 16.5. The first kappa shape index (κ1) is 18.4.